The number of nitrogens with one attached hydrogen (secondary N) is 1. The number of fused-ring (bicyclic) bond motifs is 1. The van der Waals surface area contributed by atoms with Gasteiger partial charge in [-0.2, -0.15) is 5.10 Å². The third-order valence-electron chi connectivity index (χ3n) is 4.18. The molecule has 138 valence electrons. The first-order valence-electron chi connectivity index (χ1n) is 8.72. The highest BCUT2D eigenvalue weighted by Crippen LogP contribution is 2.20. The summed E-state index contributed by atoms with van der Waals surface area (Å²) in [6.07, 6.45) is 3.41. The van der Waals surface area contributed by atoms with Crippen molar-refractivity contribution in [2.75, 3.05) is 6.61 Å². The molecule has 0 saturated heterocycles. The summed E-state index contributed by atoms with van der Waals surface area (Å²) >= 11 is 0. The van der Waals surface area contributed by atoms with E-state index in [9.17, 15) is 9.59 Å². The minimum atomic E-state index is -0.297. The molecule has 2 aromatic carbocycles. The minimum Gasteiger partial charge on any atom is -0.465 e. The molecular weight excluding hydrogens is 342 g/mol. The van der Waals surface area contributed by atoms with Gasteiger partial charge in [0.05, 0.1) is 12.8 Å². The van der Waals surface area contributed by atoms with Gasteiger partial charge in [-0.05, 0) is 31.5 Å². The monoisotopic (exact) mass is 363 g/mol. The quantitative estimate of drug-likeness (QED) is 0.415. The van der Waals surface area contributed by atoms with E-state index in [0.29, 0.717) is 12.2 Å². The summed E-state index contributed by atoms with van der Waals surface area (Å²) in [6.45, 7) is 4.12. The van der Waals surface area contributed by atoms with Crippen LogP contribution in [0.5, 0.6) is 0 Å². The van der Waals surface area contributed by atoms with Crippen LogP contribution in [0, 0.1) is 6.92 Å². The van der Waals surface area contributed by atoms with E-state index in [1.165, 1.54) is 0 Å². The Morgan fingerprint density at radius 3 is 2.67 bits per heavy atom. The number of rotatable bonds is 6. The van der Waals surface area contributed by atoms with Crippen molar-refractivity contribution in [3.63, 3.8) is 0 Å². The summed E-state index contributed by atoms with van der Waals surface area (Å²) in [5, 5.41) is 5.02. The Bertz CT molecular complexity index is 1000. The van der Waals surface area contributed by atoms with Gasteiger partial charge in [-0.3, -0.25) is 9.59 Å². The summed E-state index contributed by atoms with van der Waals surface area (Å²) in [5.74, 6) is -0.561. The highest BCUT2D eigenvalue weighted by molar-refractivity contribution is 6.01. The number of hydrogen-bond donors (Lipinski definition) is 1. The van der Waals surface area contributed by atoms with Crippen LogP contribution >= 0.6 is 0 Å². The fraction of sp³-hybridized carbons (Fsp3) is 0.190. The van der Waals surface area contributed by atoms with Crippen molar-refractivity contribution in [3.8, 4) is 0 Å². The van der Waals surface area contributed by atoms with E-state index in [1.807, 2.05) is 60.2 Å². The van der Waals surface area contributed by atoms with E-state index in [4.69, 9.17) is 4.74 Å². The van der Waals surface area contributed by atoms with Gasteiger partial charge in [0.2, 0.25) is 0 Å². The molecule has 0 radical (unpaired) electrons. The molecule has 1 amide bonds. The van der Waals surface area contributed by atoms with Crippen LogP contribution in [0.2, 0.25) is 0 Å². The standard InChI is InChI=1S/C21H21N3O3/c1-3-27-20(25)14-24-13-16(18-10-6-7-11-19(18)24)12-22-23-21(26)17-9-5-4-8-15(17)2/h4-13H,3,14H2,1-2H3,(H,23,26)/b22-12+. The van der Waals surface area contributed by atoms with Crippen LogP contribution in [0.25, 0.3) is 10.9 Å². The summed E-state index contributed by atoms with van der Waals surface area (Å²) in [6, 6.07) is 15.0. The zero-order valence-electron chi connectivity index (χ0n) is 15.3. The predicted molar refractivity (Wildman–Crippen MR) is 105 cm³/mol. The molecule has 0 bridgehead atoms. The van der Waals surface area contributed by atoms with Crippen molar-refractivity contribution in [3.05, 3.63) is 71.4 Å². The van der Waals surface area contributed by atoms with Gasteiger partial charge >= 0.3 is 5.97 Å². The van der Waals surface area contributed by atoms with E-state index in [1.54, 1.807) is 19.2 Å². The maximum Gasteiger partial charge on any atom is 0.325 e. The number of amides is 1. The molecule has 0 unspecified atom stereocenters. The molecule has 3 rings (SSSR count). The first-order chi connectivity index (χ1) is 13.1. The Hall–Kier alpha value is -3.41. The first-order valence-corrected chi connectivity index (χ1v) is 8.72. The van der Waals surface area contributed by atoms with E-state index >= 15 is 0 Å². The van der Waals surface area contributed by atoms with Gasteiger partial charge in [0, 0.05) is 28.2 Å². The highest BCUT2D eigenvalue weighted by atomic mass is 16.5. The molecule has 1 aromatic heterocycles. The number of aryl methyl sites for hydroxylation is 1. The van der Waals surface area contributed by atoms with Crippen LogP contribution in [0.1, 0.15) is 28.4 Å². The second kappa shape index (κ2) is 8.31. The molecule has 3 aromatic rings. The number of carbonyl (C=O) groups is 2. The van der Waals surface area contributed by atoms with Crippen LogP contribution in [-0.4, -0.2) is 29.3 Å². The SMILES string of the molecule is CCOC(=O)Cn1cc(/C=N/NC(=O)c2ccccc2C)c2ccccc21. The van der Waals surface area contributed by atoms with Crippen LogP contribution in [-0.2, 0) is 16.1 Å². The maximum absolute atomic E-state index is 12.3. The smallest absolute Gasteiger partial charge is 0.325 e. The van der Waals surface area contributed by atoms with Gasteiger partial charge in [-0.25, -0.2) is 5.43 Å². The lowest BCUT2D eigenvalue weighted by Gasteiger charge is -2.04. The number of hydrogen-bond acceptors (Lipinski definition) is 4. The van der Waals surface area contributed by atoms with Gasteiger partial charge < -0.3 is 9.30 Å². The lowest BCUT2D eigenvalue weighted by molar-refractivity contribution is -0.143. The van der Waals surface area contributed by atoms with E-state index < -0.39 is 0 Å². The number of aromatic nitrogens is 1. The molecule has 6 heteroatoms. The Labute approximate surface area is 157 Å². The normalized spacial score (nSPS) is 11.0. The van der Waals surface area contributed by atoms with Crippen LogP contribution in [0.3, 0.4) is 0 Å². The average molecular weight is 363 g/mol. The molecular formula is C21H21N3O3. The molecule has 0 atom stereocenters. The molecule has 1 N–H and O–H groups in total. The topological polar surface area (TPSA) is 72.7 Å². The fourth-order valence-corrected chi connectivity index (χ4v) is 2.90. The number of ether oxygens (including phenoxy) is 1. The third-order valence-corrected chi connectivity index (χ3v) is 4.18. The Balaban J connectivity index is 1.80. The zero-order chi connectivity index (χ0) is 19.2. The molecule has 0 spiro atoms. The minimum absolute atomic E-state index is 0.123. The van der Waals surface area contributed by atoms with E-state index in [-0.39, 0.29) is 18.4 Å². The zero-order valence-corrected chi connectivity index (χ0v) is 15.3. The molecule has 0 aliphatic heterocycles. The van der Waals surface area contributed by atoms with Crippen molar-refractivity contribution in [2.24, 2.45) is 5.10 Å². The van der Waals surface area contributed by atoms with E-state index in [2.05, 4.69) is 10.5 Å². The number of carbonyl (C=O) groups excluding carboxylic acids is 2. The summed E-state index contributed by atoms with van der Waals surface area (Å²) in [7, 11) is 0. The van der Waals surface area contributed by atoms with Crippen molar-refractivity contribution < 1.29 is 14.3 Å². The molecule has 1 heterocycles. The molecule has 6 nitrogen and oxygen atoms in total. The summed E-state index contributed by atoms with van der Waals surface area (Å²) in [4.78, 5) is 24.1. The average Bonchev–Trinajstić information content (AvgIpc) is 3.00. The Morgan fingerprint density at radius 2 is 1.89 bits per heavy atom. The van der Waals surface area contributed by atoms with Crippen molar-refractivity contribution in [1.29, 1.82) is 0 Å². The first kappa shape index (κ1) is 18.4. The lowest BCUT2D eigenvalue weighted by atomic mass is 10.1. The second-order valence-electron chi connectivity index (χ2n) is 6.05. The molecule has 27 heavy (non-hydrogen) atoms. The predicted octanol–water partition coefficient (Wildman–Crippen LogP) is 3.28. The second-order valence-corrected chi connectivity index (χ2v) is 6.05. The van der Waals surface area contributed by atoms with Crippen molar-refractivity contribution in [1.82, 2.24) is 9.99 Å². The van der Waals surface area contributed by atoms with Crippen LogP contribution in [0.4, 0.5) is 0 Å². The van der Waals surface area contributed by atoms with Gasteiger partial charge in [-0.15, -0.1) is 0 Å². The fourth-order valence-electron chi connectivity index (χ4n) is 2.90. The van der Waals surface area contributed by atoms with Crippen molar-refractivity contribution in [2.45, 2.75) is 20.4 Å². The number of nitrogens with zero attached hydrogens (tertiary/aromatic N) is 2. The van der Waals surface area contributed by atoms with E-state index in [0.717, 1.165) is 22.0 Å². The van der Waals surface area contributed by atoms with Crippen LogP contribution in [0.15, 0.2) is 59.8 Å². The largest absolute Gasteiger partial charge is 0.465 e. The Morgan fingerprint density at radius 1 is 1.15 bits per heavy atom. The third kappa shape index (κ3) is 4.23. The van der Waals surface area contributed by atoms with Gasteiger partial charge in [0.1, 0.15) is 6.54 Å². The molecule has 0 aliphatic rings. The molecule has 0 saturated carbocycles. The number of para-hydroxylation sites is 1. The summed E-state index contributed by atoms with van der Waals surface area (Å²) in [5.41, 5.74) is 5.73. The Kier molecular flexibility index (Phi) is 5.66. The molecule has 0 fully saturated rings. The van der Waals surface area contributed by atoms with Gasteiger partial charge in [0.25, 0.3) is 5.91 Å². The lowest BCUT2D eigenvalue weighted by Crippen LogP contribution is -2.18. The highest BCUT2D eigenvalue weighted by Gasteiger charge is 2.11. The molecule has 0 aliphatic carbocycles. The maximum atomic E-state index is 12.3. The van der Waals surface area contributed by atoms with Gasteiger partial charge in [-0.1, -0.05) is 36.4 Å². The number of hydrazone groups is 1. The number of benzene rings is 2. The van der Waals surface area contributed by atoms with Crippen molar-refractivity contribution >= 4 is 29.0 Å². The van der Waals surface area contributed by atoms with Crippen LogP contribution < -0.4 is 5.43 Å². The summed E-state index contributed by atoms with van der Waals surface area (Å²) < 4.78 is 6.84. The number of esters is 1. The van der Waals surface area contributed by atoms with Gasteiger partial charge in [0.15, 0.2) is 0 Å².